The minimum atomic E-state index is -3.53. The normalized spacial score (nSPS) is 11.4. The van der Waals surface area contributed by atoms with E-state index in [0.29, 0.717) is 6.54 Å². The molecule has 0 spiro atoms. The Bertz CT molecular complexity index is 317. The molecule has 0 bridgehead atoms. The number of hydrogen-bond donors (Lipinski definition) is 3. The third kappa shape index (κ3) is 2.43. The van der Waals surface area contributed by atoms with Crippen LogP contribution in [0.3, 0.4) is 0 Å². The lowest BCUT2D eigenvalue weighted by Gasteiger charge is -2.02. The molecule has 0 aromatic carbocycles. The standard InChI is InChI=1S/C3H8N6O2S/c1-2-4-12(10,11)7-3-5-8-9-6-3/h4H,2H2,1H3,(H2,5,6,7,8,9). The SMILES string of the molecule is CCNS(=O)(=O)Nc1nnn[nH]1. The van der Waals surface area contributed by atoms with E-state index in [1.165, 1.54) is 0 Å². The Balaban J connectivity index is 2.63. The highest BCUT2D eigenvalue weighted by molar-refractivity contribution is 7.90. The predicted molar refractivity (Wildman–Crippen MR) is 40.4 cm³/mol. The fraction of sp³-hybridized carbons (Fsp3) is 0.667. The topological polar surface area (TPSA) is 113 Å². The number of rotatable bonds is 4. The second kappa shape index (κ2) is 3.45. The summed E-state index contributed by atoms with van der Waals surface area (Å²) < 4.78 is 26.2. The largest absolute Gasteiger partial charge is 0.301 e. The van der Waals surface area contributed by atoms with Gasteiger partial charge in [0.1, 0.15) is 0 Å². The Labute approximate surface area is 68.9 Å². The molecule has 1 rings (SSSR count). The van der Waals surface area contributed by atoms with Crippen molar-refractivity contribution in [1.82, 2.24) is 25.3 Å². The molecule has 0 radical (unpaired) electrons. The van der Waals surface area contributed by atoms with E-state index in [1.54, 1.807) is 6.92 Å². The van der Waals surface area contributed by atoms with Crippen LogP contribution in [0.4, 0.5) is 5.95 Å². The van der Waals surface area contributed by atoms with E-state index < -0.39 is 10.2 Å². The molecule has 12 heavy (non-hydrogen) atoms. The van der Waals surface area contributed by atoms with Crippen LogP contribution >= 0.6 is 0 Å². The van der Waals surface area contributed by atoms with Gasteiger partial charge in [-0.1, -0.05) is 12.0 Å². The van der Waals surface area contributed by atoms with E-state index in [-0.39, 0.29) is 5.95 Å². The lowest BCUT2D eigenvalue weighted by molar-refractivity contribution is 0.589. The highest BCUT2D eigenvalue weighted by Crippen LogP contribution is 1.93. The molecule has 0 aliphatic carbocycles. The Hall–Kier alpha value is -1.22. The summed E-state index contributed by atoms with van der Waals surface area (Å²) in [7, 11) is -3.53. The van der Waals surface area contributed by atoms with Crippen LogP contribution in [0.1, 0.15) is 6.92 Å². The van der Waals surface area contributed by atoms with Gasteiger partial charge in [0.25, 0.3) is 5.95 Å². The number of H-pyrrole nitrogens is 1. The zero-order valence-electron chi connectivity index (χ0n) is 6.27. The molecule has 0 atom stereocenters. The summed E-state index contributed by atoms with van der Waals surface area (Å²) in [6.07, 6.45) is 0. The molecule has 9 heteroatoms. The second-order valence-corrected chi connectivity index (χ2v) is 3.35. The van der Waals surface area contributed by atoms with E-state index in [2.05, 4.69) is 30.1 Å². The molecule has 1 heterocycles. The zero-order chi connectivity index (χ0) is 9.03. The number of hydrogen-bond acceptors (Lipinski definition) is 5. The lowest BCUT2D eigenvalue weighted by atomic mass is 10.8. The summed E-state index contributed by atoms with van der Waals surface area (Å²) in [5.74, 6) is -0.0176. The van der Waals surface area contributed by atoms with Crippen LogP contribution in [0.5, 0.6) is 0 Å². The molecule has 0 unspecified atom stereocenters. The third-order valence-electron chi connectivity index (χ3n) is 0.911. The van der Waals surface area contributed by atoms with Gasteiger partial charge in [0.05, 0.1) is 0 Å². The molecule has 0 aliphatic heterocycles. The summed E-state index contributed by atoms with van der Waals surface area (Å²) in [6, 6.07) is 0. The minimum absolute atomic E-state index is 0.0176. The van der Waals surface area contributed by atoms with Crippen molar-refractivity contribution in [3.8, 4) is 0 Å². The van der Waals surface area contributed by atoms with Crippen molar-refractivity contribution < 1.29 is 8.42 Å². The molecule has 0 fully saturated rings. The Morgan fingerprint density at radius 2 is 2.33 bits per heavy atom. The first-order valence-electron chi connectivity index (χ1n) is 3.15. The Morgan fingerprint density at radius 3 is 2.83 bits per heavy atom. The Morgan fingerprint density at radius 1 is 1.58 bits per heavy atom. The molecule has 0 aliphatic rings. The van der Waals surface area contributed by atoms with Crippen molar-refractivity contribution in [3.05, 3.63) is 0 Å². The molecule has 0 saturated carbocycles. The van der Waals surface area contributed by atoms with Gasteiger partial charge in [-0.15, -0.1) is 0 Å². The maximum Gasteiger partial charge on any atom is 0.301 e. The summed E-state index contributed by atoms with van der Waals surface area (Å²) in [4.78, 5) is 0. The van der Waals surface area contributed by atoms with Gasteiger partial charge < -0.3 is 0 Å². The first-order chi connectivity index (χ1) is 5.64. The number of aromatic nitrogens is 4. The summed E-state index contributed by atoms with van der Waals surface area (Å²) in [6.45, 7) is 1.97. The van der Waals surface area contributed by atoms with Gasteiger partial charge in [0.15, 0.2) is 0 Å². The molecule has 1 aromatic heterocycles. The van der Waals surface area contributed by atoms with Gasteiger partial charge in [-0.05, 0) is 10.4 Å². The van der Waals surface area contributed by atoms with Crippen molar-refractivity contribution in [2.24, 2.45) is 0 Å². The van der Waals surface area contributed by atoms with Crippen molar-refractivity contribution in [2.75, 3.05) is 11.3 Å². The maximum absolute atomic E-state index is 11.0. The smallest absolute Gasteiger partial charge is 0.237 e. The predicted octanol–water partition coefficient (Wildman–Crippen LogP) is -1.53. The van der Waals surface area contributed by atoms with E-state index in [9.17, 15) is 8.42 Å². The molecule has 0 amide bonds. The second-order valence-electron chi connectivity index (χ2n) is 1.85. The Kier molecular flexibility index (Phi) is 2.55. The summed E-state index contributed by atoms with van der Waals surface area (Å²) >= 11 is 0. The zero-order valence-corrected chi connectivity index (χ0v) is 7.09. The van der Waals surface area contributed by atoms with Gasteiger partial charge in [-0.2, -0.15) is 13.1 Å². The average Bonchev–Trinajstić information content (AvgIpc) is 2.38. The number of tetrazole rings is 1. The minimum Gasteiger partial charge on any atom is -0.237 e. The van der Waals surface area contributed by atoms with E-state index in [4.69, 9.17) is 0 Å². The van der Waals surface area contributed by atoms with Crippen LogP contribution in [-0.2, 0) is 10.2 Å². The van der Waals surface area contributed by atoms with Crippen LogP contribution in [-0.4, -0.2) is 35.6 Å². The monoisotopic (exact) mass is 192 g/mol. The van der Waals surface area contributed by atoms with Crippen LogP contribution in [0, 0.1) is 0 Å². The fourth-order valence-corrected chi connectivity index (χ4v) is 1.35. The number of aromatic amines is 1. The molecule has 8 nitrogen and oxygen atoms in total. The molecular formula is C3H8N6O2S. The van der Waals surface area contributed by atoms with Crippen molar-refractivity contribution in [3.63, 3.8) is 0 Å². The maximum atomic E-state index is 11.0. The number of nitrogens with zero attached hydrogens (tertiary/aromatic N) is 3. The van der Waals surface area contributed by atoms with Gasteiger partial charge in [0.2, 0.25) is 0 Å². The van der Waals surface area contributed by atoms with Crippen LogP contribution in [0.25, 0.3) is 0 Å². The highest BCUT2D eigenvalue weighted by atomic mass is 32.2. The van der Waals surface area contributed by atoms with Crippen LogP contribution in [0.15, 0.2) is 0 Å². The van der Waals surface area contributed by atoms with E-state index >= 15 is 0 Å². The van der Waals surface area contributed by atoms with Crippen molar-refractivity contribution in [2.45, 2.75) is 6.92 Å². The third-order valence-corrected chi connectivity index (χ3v) is 2.04. The van der Waals surface area contributed by atoms with Gasteiger partial charge in [0, 0.05) is 6.54 Å². The van der Waals surface area contributed by atoms with Crippen molar-refractivity contribution >= 4 is 16.2 Å². The molecular weight excluding hydrogens is 184 g/mol. The van der Waals surface area contributed by atoms with E-state index in [1.807, 2.05) is 0 Å². The first kappa shape index (κ1) is 8.87. The molecule has 68 valence electrons. The average molecular weight is 192 g/mol. The fourth-order valence-electron chi connectivity index (χ4n) is 0.556. The lowest BCUT2D eigenvalue weighted by Crippen LogP contribution is -2.30. The number of anilines is 1. The van der Waals surface area contributed by atoms with Crippen molar-refractivity contribution in [1.29, 1.82) is 0 Å². The highest BCUT2D eigenvalue weighted by Gasteiger charge is 2.09. The molecule has 0 saturated heterocycles. The van der Waals surface area contributed by atoms with Gasteiger partial charge >= 0.3 is 10.2 Å². The summed E-state index contributed by atoms with van der Waals surface area (Å²) in [5.41, 5.74) is 0. The quantitative estimate of drug-likeness (QED) is 0.535. The number of nitrogens with one attached hydrogen (secondary N) is 3. The van der Waals surface area contributed by atoms with Gasteiger partial charge in [-0.25, -0.2) is 9.82 Å². The summed E-state index contributed by atoms with van der Waals surface area (Å²) in [5, 5.41) is 12.0. The molecule has 1 aromatic rings. The van der Waals surface area contributed by atoms with Gasteiger partial charge in [-0.3, -0.25) is 0 Å². The van der Waals surface area contributed by atoms with Crippen LogP contribution < -0.4 is 9.44 Å². The van der Waals surface area contributed by atoms with E-state index in [0.717, 1.165) is 0 Å². The van der Waals surface area contributed by atoms with Crippen LogP contribution in [0.2, 0.25) is 0 Å². The molecule has 3 N–H and O–H groups in total. The first-order valence-corrected chi connectivity index (χ1v) is 4.63.